The van der Waals surface area contributed by atoms with E-state index in [-0.39, 0.29) is 11.8 Å². The topological polar surface area (TPSA) is 57.7 Å². The molecule has 2 rings (SSSR count). The van der Waals surface area contributed by atoms with Gasteiger partial charge in [-0.3, -0.25) is 9.69 Å². The standard InChI is InChI=1S/C14H20N2O3S/c1-12(13(2)17)15-8-10-16(11-9-15)20(18,19)14-6-4-3-5-7-14/h3-7,12H,8-11H2,1-2H3. The van der Waals surface area contributed by atoms with Gasteiger partial charge in [-0.2, -0.15) is 4.31 Å². The summed E-state index contributed by atoms with van der Waals surface area (Å²) in [4.78, 5) is 13.7. The molecule has 1 heterocycles. The molecule has 20 heavy (non-hydrogen) atoms. The predicted octanol–water partition coefficient (Wildman–Crippen LogP) is 0.970. The number of benzene rings is 1. The fourth-order valence-electron chi connectivity index (χ4n) is 2.33. The smallest absolute Gasteiger partial charge is 0.243 e. The normalized spacial score (nSPS) is 19.7. The van der Waals surface area contributed by atoms with Crippen LogP contribution in [0.5, 0.6) is 0 Å². The predicted molar refractivity (Wildman–Crippen MR) is 76.9 cm³/mol. The van der Waals surface area contributed by atoms with Crippen LogP contribution in [0.25, 0.3) is 0 Å². The summed E-state index contributed by atoms with van der Waals surface area (Å²) in [6.07, 6.45) is 0. The summed E-state index contributed by atoms with van der Waals surface area (Å²) in [7, 11) is -3.41. The second kappa shape index (κ2) is 6.03. The van der Waals surface area contributed by atoms with Gasteiger partial charge in [0.25, 0.3) is 0 Å². The number of rotatable bonds is 4. The number of sulfonamides is 1. The first-order valence-electron chi connectivity index (χ1n) is 6.72. The van der Waals surface area contributed by atoms with Crippen molar-refractivity contribution in [2.45, 2.75) is 24.8 Å². The van der Waals surface area contributed by atoms with E-state index in [4.69, 9.17) is 0 Å². The average Bonchev–Trinajstić information content (AvgIpc) is 2.47. The highest BCUT2D eigenvalue weighted by Gasteiger charge is 2.30. The maximum absolute atomic E-state index is 12.4. The monoisotopic (exact) mass is 296 g/mol. The van der Waals surface area contributed by atoms with Gasteiger partial charge < -0.3 is 0 Å². The molecule has 0 N–H and O–H groups in total. The lowest BCUT2D eigenvalue weighted by molar-refractivity contribution is -0.122. The molecular weight excluding hydrogens is 276 g/mol. The molecule has 0 amide bonds. The van der Waals surface area contributed by atoms with E-state index < -0.39 is 10.0 Å². The second-order valence-electron chi connectivity index (χ2n) is 5.04. The first-order valence-corrected chi connectivity index (χ1v) is 8.16. The number of piperazine rings is 1. The molecule has 1 aliphatic heterocycles. The van der Waals surface area contributed by atoms with E-state index in [2.05, 4.69) is 0 Å². The van der Waals surface area contributed by atoms with Crippen LogP contribution in [0.15, 0.2) is 35.2 Å². The Hall–Kier alpha value is -1.24. The van der Waals surface area contributed by atoms with Crippen LogP contribution in [0.2, 0.25) is 0 Å². The van der Waals surface area contributed by atoms with Gasteiger partial charge in [-0.1, -0.05) is 18.2 Å². The zero-order valence-electron chi connectivity index (χ0n) is 11.8. The minimum atomic E-state index is -3.41. The van der Waals surface area contributed by atoms with Crippen LogP contribution >= 0.6 is 0 Å². The summed E-state index contributed by atoms with van der Waals surface area (Å²) in [5.74, 6) is 0.115. The van der Waals surface area contributed by atoms with E-state index in [1.54, 1.807) is 37.3 Å². The molecule has 110 valence electrons. The minimum Gasteiger partial charge on any atom is -0.298 e. The Morgan fingerprint density at radius 3 is 2.15 bits per heavy atom. The van der Waals surface area contributed by atoms with E-state index in [0.717, 1.165) is 0 Å². The van der Waals surface area contributed by atoms with E-state index in [1.165, 1.54) is 4.31 Å². The maximum Gasteiger partial charge on any atom is 0.243 e. The van der Waals surface area contributed by atoms with E-state index in [9.17, 15) is 13.2 Å². The van der Waals surface area contributed by atoms with Crippen LogP contribution in [0.1, 0.15) is 13.8 Å². The first kappa shape index (κ1) is 15.2. The number of ketones is 1. The Labute approximate surface area is 120 Å². The molecule has 0 aliphatic carbocycles. The van der Waals surface area contributed by atoms with E-state index in [0.29, 0.717) is 31.1 Å². The van der Waals surface area contributed by atoms with Crippen molar-refractivity contribution in [2.24, 2.45) is 0 Å². The Morgan fingerprint density at radius 2 is 1.65 bits per heavy atom. The number of hydrogen-bond acceptors (Lipinski definition) is 4. The molecular formula is C14H20N2O3S. The molecule has 1 fully saturated rings. The van der Waals surface area contributed by atoms with Gasteiger partial charge in [0, 0.05) is 26.2 Å². The molecule has 6 heteroatoms. The van der Waals surface area contributed by atoms with Crippen molar-refractivity contribution in [2.75, 3.05) is 26.2 Å². The highest BCUT2D eigenvalue weighted by atomic mass is 32.2. The van der Waals surface area contributed by atoms with Crippen molar-refractivity contribution in [3.8, 4) is 0 Å². The van der Waals surface area contributed by atoms with E-state index >= 15 is 0 Å². The third-order valence-electron chi connectivity index (χ3n) is 3.79. The van der Waals surface area contributed by atoms with Crippen LogP contribution in [-0.4, -0.2) is 55.6 Å². The second-order valence-corrected chi connectivity index (χ2v) is 6.98. The number of hydrogen-bond donors (Lipinski definition) is 0. The Balaban J connectivity index is 2.06. The largest absolute Gasteiger partial charge is 0.298 e. The fraction of sp³-hybridized carbons (Fsp3) is 0.500. The van der Waals surface area contributed by atoms with Gasteiger partial charge >= 0.3 is 0 Å². The van der Waals surface area contributed by atoms with Gasteiger partial charge in [0.15, 0.2) is 0 Å². The van der Waals surface area contributed by atoms with Gasteiger partial charge in [-0.15, -0.1) is 0 Å². The molecule has 1 aromatic carbocycles. The van der Waals surface area contributed by atoms with Crippen LogP contribution in [0.3, 0.4) is 0 Å². The third kappa shape index (κ3) is 3.08. The van der Waals surface area contributed by atoms with Gasteiger partial charge in [-0.25, -0.2) is 8.42 Å². The lowest BCUT2D eigenvalue weighted by atomic mass is 10.2. The number of nitrogens with zero attached hydrogens (tertiary/aromatic N) is 2. The zero-order chi connectivity index (χ0) is 14.8. The van der Waals surface area contributed by atoms with Crippen LogP contribution in [0.4, 0.5) is 0 Å². The van der Waals surface area contributed by atoms with Crippen molar-refractivity contribution in [1.82, 2.24) is 9.21 Å². The lowest BCUT2D eigenvalue weighted by Crippen LogP contribution is -2.52. The molecule has 0 spiro atoms. The van der Waals surface area contributed by atoms with Gasteiger partial charge in [0.1, 0.15) is 5.78 Å². The van der Waals surface area contributed by atoms with Gasteiger partial charge in [-0.05, 0) is 26.0 Å². The summed E-state index contributed by atoms with van der Waals surface area (Å²) in [6, 6.07) is 8.32. The SMILES string of the molecule is CC(=O)C(C)N1CCN(S(=O)(=O)c2ccccc2)CC1. The highest BCUT2D eigenvalue weighted by Crippen LogP contribution is 2.18. The molecule has 1 saturated heterocycles. The molecule has 0 saturated carbocycles. The van der Waals surface area contributed by atoms with Gasteiger partial charge in [0.2, 0.25) is 10.0 Å². The fourth-order valence-corrected chi connectivity index (χ4v) is 3.77. The molecule has 1 aliphatic rings. The quantitative estimate of drug-likeness (QED) is 0.831. The highest BCUT2D eigenvalue weighted by molar-refractivity contribution is 7.89. The van der Waals surface area contributed by atoms with Crippen molar-refractivity contribution in [3.05, 3.63) is 30.3 Å². The zero-order valence-corrected chi connectivity index (χ0v) is 12.6. The molecule has 0 aromatic heterocycles. The molecule has 5 nitrogen and oxygen atoms in total. The van der Waals surface area contributed by atoms with Crippen molar-refractivity contribution < 1.29 is 13.2 Å². The minimum absolute atomic E-state index is 0.115. The van der Waals surface area contributed by atoms with Crippen LogP contribution in [-0.2, 0) is 14.8 Å². The average molecular weight is 296 g/mol. The lowest BCUT2D eigenvalue weighted by Gasteiger charge is -2.36. The molecule has 1 aromatic rings. The van der Waals surface area contributed by atoms with Crippen molar-refractivity contribution in [3.63, 3.8) is 0 Å². The summed E-state index contributed by atoms with van der Waals surface area (Å²) in [5, 5.41) is 0. The Kier molecular flexibility index (Phi) is 4.57. The number of carbonyl (C=O) groups excluding carboxylic acids is 1. The number of carbonyl (C=O) groups is 1. The summed E-state index contributed by atoms with van der Waals surface area (Å²) in [5.41, 5.74) is 0. The van der Waals surface area contributed by atoms with Gasteiger partial charge in [0.05, 0.1) is 10.9 Å². The van der Waals surface area contributed by atoms with Crippen molar-refractivity contribution in [1.29, 1.82) is 0 Å². The van der Waals surface area contributed by atoms with Crippen LogP contribution in [0, 0.1) is 0 Å². The number of Topliss-reactive ketones (excluding diaryl/α,β-unsaturated/α-hetero) is 1. The first-order chi connectivity index (χ1) is 9.43. The maximum atomic E-state index is 12.4. The van der Waals surface area contributed by atoms with Crippen molar-refractivity contribution >= 4 is 15.8 Å². The summed E-state index contributed by atoms with van der Waals surface area (Å²) in [6.45, 7) is 5.46. The third-order valence-corrected chi connectivity index (χ3v) is 5.70. The van der Waals surface area contributed by atoms with E-state index in [1.807, 2.05) is 11.8 Å². The molecule has 0 bridgehead atoms. The Bertz CT molecular complexity index is 563. The van der Waals surface area contributed by atoms with Crippen LogP contribution < -0.4 is 0 Å². The molecule has 0 radical (unpaired) electrons. The Morgan fingerprint density at radius 1 is 1.10 bits per heavy atom. The molecule has 1 unspecified atom stereocenters. The summed E-state index contributed by atoms with van der Waals surface area (Å²) < 4.78 is 26.4. The molecule has 1 atom stereocenters. The summed E-state index contributed by atoms with van der Waals surface area (Å²) >= 11 is 0.